The highest BCUT2D eigenvalue weighted by atomic mass is 35.5. The first-order valence-electron chi connectivity index (χ1n) is 9.84. The topological polar surface area (TPSA) is 64.7 Å². The van der Waals surface area contributed by atoms with Crippen LogP contribution < -0.4 is 10.6 Å². The van der Waals surface area contributed by atoms with E-state index in [1.807, 2.05) is 29.2 Å². The molecule has 158 valence electrons. The second kappa shape index (κ2) is 10.5. The number of nitrogens with one attached hydrogen (secondary N) is 2. The van der Waals surface area contributed by atoms with Crippen LogP contribution in [0.4, 0.5) is 5.69 Å². The number of carbonyl (C=O) groups is 2. The SMILES string of the molecule is CN1CCN(C(=O)c2cccc(NC(=S)NC(=O)CCc3ccccc3Cl)c2)CC1. The molecule has 8 heteroatoms. The van der Waals surface area contributed by atoms with E-state index in [0.717, 1.165) is 18.7 Å². The first-order chi connectivity index (χ1) is 14.4. The molecule has 1 aliphatic rings. The van der Waals surface area contributed by atoms with Crippen LogP contribution in [0.2, 0.25) is 5.02 Å². The molecule has 0 saturated carbocycles. The molecule has 30 heavy (non-hydrogen) atoms. The highest BCUT2D eigenvalue weighted by molar-refractivity contribution is 7.80. The van der Waals surface area contributed by atoms with E-state index in [1.54, 1.807) is 24.3 Å². The third-order valence-corrected chi connectivity index (χ3v) is 5.56. The number of aryl methyl sites for hydroxylation is 1. The fraction of sp³-hybridized carbons (Fsp3) is 0.318. The van der Waals surface area contributed by atoms with Gasteiger partial charge in [-0.3, -0.25) is 9.59 Å². The summed E-state index contributed by atoms with van der Waals surface area (Å²) >= 11 is 11.4. The summed E-state index contributed by atoms with van der Waals surface area (Å²) in [5.74, 6) is -0.196. The molecule has 2 aromatic rings. The van der Waals surface area contributed by atoms with Gasteiger partial charge in [-0.2, -0.15) is 0 Å². The predicted molar refractivity (Wildman–Crippen MR) is 124 cm³/mol. The van der Waals surface area contributed by atoms with Gasteiger partial charge in [-0.25, -0.2) is 0 Å². The number of halogens is 1. The summed E-state index contributed by atoms with van der Waals surface area (Å²) in [7, 11) is 2.05. The molecule has 2 N–H and O–H groups in total. The first kappa shape index (κ1) is 22.2. The molecule has 2 amide bonds. The molecule has 1 fully saturated rings. The average molecular weight is 445 g/mol. The maximum atomic E-state index is 12.7. The van der Waals surface area contributed by atoms with Crippen molar-refractivity contribution in [2.24, 2.45) is 0 Å². The number of carbonyl (C=O) groups excluding carboxylic acids is 2. The van der Waals surface area contributed by atoms with Gasteiger partial charge in [0.15, 0.2) is 5.11 Å². The zero-order chi connectivity index (χ0) is 21.5. The molecule has 2 aromatic carbocycles. The molecular formula is C22H25ClN4O2S. The third-order valence-electron chi connectivity index (χ3n) is 4.99. The smallest absolute Gasteiger partial charge is 0.254 e. The number of thiocarbonyl (C=S) groups is 1. The van der Waals surface area contributed by atoms with Gasteiger partial charge in [-0.1, -0.05) is 35.9 Å². The Morgan fingerprint density at radius 3 is 2.53 bits per heavy atom. The van der Waals surface area contributed by atoms with Gasteiger partial charge in [0.2, 0.25) is 5.91 Å². The highest BCUT2D eigenvalue weighted by Gasteiger charge is 2.20. The second-order valence-corrected chi connectivity index (χ2v) is 8.09. The summed E-state index contributed by atoms with van der Waals surface area (Å²) < 4.78 is 0. The lowest BCUT2D eigenvalue weighted by Gasteiger charge is -2.32. The van der Waals surface area contributed by atoms with Gasteiger partial charge < -0.3 is 20.4 Å². The van der Waals surface area contributed by atoms with Crippen molar-refractivity contribution in [1.29, 1.82) is 0 Å². The number of anilines is 1. The van der Waals surface area contributed by atoms with E-state index in [9.17, 15) is 9.59 Å². The van der Waals surface area contributed by atoms with Gasteiger partial charge in [0.25, 0.3) is 5.91 Å². The molecule has 0 atom stereocenters. The minimum absolute atomic E-state index is 0.00134. The van der Waals surface area contributed by atoms with E-state index in [2.05, 4.69) is 22.6 Å². The first-order valence-corrected chi connectivity index (χ1v) is 10.6. The molecule has 1 aliphatic heterocycles. The van der Waals surface area contributed by atoms with Crippen LogP contribution in [0.5, 0.6) is 0 Å². The number of hydrogen-bond acceptors (Lipinski definition) is 4. The van der Waals surface area contributed by atoms with Crippen molar-refractivity contribution in [3.05, 3.63) is 64.7 Å². The van der Waals surface area contributed by atoms with Crippen LogP contribution >= 0.6 is 23.8 Å². The van der Waals surface area contributed by atoms with Crippen LogP contribution in [0.15, 0.2) is 48.5 Å². The van der Waals surface area contributed by atoms with E-state index >= 15 is 0 Å². The molecule has 0 bridgehead atoms. The van der Waals surface area contributed by atoms with E-state index in [4.69, 9.17) is 23.8 Å². The van der Waals surface area contributed by atoms with Crippen molar-refractivity contribution in [2.45, 2.75) is 12.8 Å². The summed E-state index contributed by atoms with van der Waals surface area (Å²) in [6.45, 7) is 3.17. The highest BCUT2D eigenvalue weighted by Crippen LogP contribution is 2.17. The average Bonchev–Trinajstić information content (AvgIpc) is 2.73. The minimum Gasteiger partial charge on any atom is -0.336 e. The molecule has 0 aromatic heterocycles. The van der Waals surface area contributed by atoms with Crippen LogP contribution in [-0.2, 0) is 11.2 Å². The van der Waals surface area contributed by atoms with Gasteiger partial charge >= 0.3 is 0 Å². The molecule has 1 saturated heterocycles. The Morgan fingerprint density at radius 1 is 1.07 bits per heavy atom. The monoisotopic (exact) mass is 444 g/mol. The Hall–Kier alpha value is -2.48. The molecule has 0 unspecified atom stereocenters. The molecule has 0 spiro atoms. The van der Waals surface area contributed by atoms with Gasteiger partial charge in [-0.15, -0.1) is 0 Å². The zero-order valence-corrected chi connectivity index (χ0v) is 18.4. The van der Waals surface area contributed by atoms with E-state index < -0.39 is 0 Å². The number of amides is 2. The quantitative estimate of drug-likeness (QED) is 0.693. The molecule has 0 aliphatic carbocycles. The third kappa shape index (κ3) is 6.26. The fourth-order valence-corrected chi connectivity index (χ4v) is 3.68. The maximum absolute atomic E-state index is 12.7. The standard InChI is InChI=1S/C22H25ClN4O2S/c1-26-11-13-27(14-12-26)21(29)17-6-4-7-18(15-17)24-22(30)25-20(28)10-9-16-5-2-3-8-19(16)23/h2-8,15H,9-14H2,1H3,(H2,24,25,28,30). The lowest BCUT2D eigenvalue weighted by Crippen LogP contribution is -2.47. The van der Waals surface area contributed by atoms with Gasteiger partial charge in [-0.05, 0) is 55.5 Å². The lowest BCUT2D eigenvalue weighted by molar-refractivity contribution is -0.119. The summed E-state index contributed by atoms with van der Waals surface area (Å²) in [6.07, 6.45) is 0.802. The predicted octanol–water partition coefficient (Wildman–Crippen LogP) is 3.17. The summed E-state index contributed by atoms with van der Waals surface area (Å²) in [6, 6.07) is 14.6. The number of likely N-dealkylation sites (N-methyl/N-ethyl adjacent to an activating group) is 1. The number of rotatable bonds is 5. The number of piperazine rings is 1. The lowest BCUT2D eigenvalue weighted by atomic mass is 10.1. The minimum atomic E-state index is -0.197. The number of nitrogens with zero attached hydrogens (tertiary/aromatic N) is 2. The molecular weight excluding hydrogens is 420 g/mol. The molecule has 6 nitrogen and oxygen atoms in total. The Balaban J connectivity index is 1.51. The number of hydrogen-bond donors (Lipinski definition) is 2. The second-order valence-electron chi connectivity index (χ2n) is 7.27. The molecule has 0 radical (unpaired) electrons. The maximum Gasteiger partial charge on any atom is 0.254 e. The van der Waals surface area contributed by atoms with Gasteiger partial charge in [0.05, 0.1) is 0 Å². The summed E-state index contributed by atoms with van der Waals surface area (Å²) in [4.78, 5) is 29.0. The van der Waals surface area contributed by atoms with Crippen molar-refractivity contribution in [3.63, 3.8) is 0 Å². The van der Waals surface area contributed by atoms with Gasteiger partial charge in [0.1, 0.15) is 0 Å². The van der Waals surface area contributed by atoms with E-state index in [-0.39, 0.29) is 23.3 Å². The Labute approximate surface area is 187 Å². The van der Waals surface area contributed by atoms with Gasteiger partial charge in [0, 0.05) is 48.9 Å². The van der Waals surface area contributed by atoms with Crippen LogP contribution in [-0.4, -0.2) is 60.0 Å². The zero-order valence-electron chi connectivity index (χ0n) is 16.9. The summed E-state index contributed by atoms with van der Waals surface area (Å²) in [5, 5.41) is 6.50. The van der Waals surface area contributed by atoms with Crippen molar-refractivity contribution >= 4 is 46.4 Å². The Bertz CT molecular complexity index is 929. The van der Waals surface area contributed by atoms with E-state index in [1.165, 1.54) is 0 Å². The van der Waals surface area contributed by atoms with Crippen LogP contribution in [0.25, 0.3) is 0 Å². The molecule has 1 heterocycles. The van der Waals surface area contributed by atoms with Crippen LogP contribution in [0.1, 0.15) is 22.3 Å². The Morgan fingerprint density at radius 2 is 1.80 bits per heavy atom. The number of benzene rings is 2. The van der Waals surface area contributed by atoms with Crippen LogP contribution in [0, 0.1) is 0 Å². The molecule has 3 rings (SSSR count). The van der Waals surface area contributed by atoms with Crippen molar-refractivity contribution in [2.75, 3.05) is 38.5 Å². The van der Waals surface area contributed by atoms with Crippen molar-refractivity contribution in [3.8, 4) is 0 Å². The van der Waals surface area contributed by atoms with Crippen molar-refractivity contribution < 1.29 is 9.59 Å². The summed E-state index contributed by atoms with van der Waals surface area (Å²) in [5.41, 5.74) is 2.17. The van der Waals surface area contributed by atoms with Crippen LogP contribution in [0.3, 0.4) is 0 Å². The van der Waals surface area contributed by atoms with E-state index in [0.29, 0.717) is 35.8 Å². The largest absolute Gasteiger partial charge is 0.336 e. The fourth-order valence-electron chi connectivity index (χ4n) is 3.22. The normalized spacial score (nSPS) is 14.3. The van der Waals surface area contributed by atoms with Crippen molar-refractivity contribution in [1.82, 2.24) is 15.1 Å². The Kier molecular flexibility index (Phi) is 7.79.